The molecule has 0 aliphatic rings. The lowest BCUT2D eigenvalue weighted by atomic mass is 10.0. The lowest BCUT2D eigenvalue weighted by Crippen LogP contribution is -2.40. The first-order valence-electron chi connectivity index (χ1n) is 37.3. The van der Waals surface area contributed by atoms with E-state index in [1.807, 2.05) is 21.1 Å². The zero-order valence-corrected chi connectivity index (χ0v) is 58.4. The zero-order valence-electron chi connectivity index (χ0n) is 58.4. The molecule has 0 bridgehead atoms. The Hall–Kier alpha value is -3.53. The van der Waals surface area contributed by atoms with Crippen LogP contribution in [0.2, 0.25) is 0 Å². The summed E-state index contributed by atoms with van der Waals surface area (Å²) < 4.78 is 23.0. The Morgan fingerprint density at radius 2 is 0.648 bits per heavy atom. The largest absolute Gasteiger partial charge is 0.477 e. The molecule has 2 unspecified atom stereocenters. The quantitative estimate of drug-likeness (QED) is 0.0211. The molecular weight excluding hydrogens is 1090 g/mol. The van der Waals surface area contributed by atoms with E-state index in [4.69, 9.17) is 18.9 Å². The molecule has 0 saturated carbocycles. The lowest BCUT2D eigenvalue weighted by molar-refractivity contribution is -0.870. The Morgan fingerprint density at radius 3 is 0.966 bits per heavy atom. The normalized spacial score (nSPS) is 13.1. The van der Waals surface area contributed by atoms with Crippen LogP contribution in [0.3, 0.4) is 0 Å². The summed E-state index contributed by atoms with van der Waals surface area (Å²) in [6, 6.07) is 0. The smallest absolute Gasteiger partial charge is 0.361 e. The number of unbranched alkanes of at least 4 members (excludes halogenated alkanes) is 40. The number of ether oxygens (including phenoxy) is 4. The molecule has 0 amide bonds. The van der Waals surface area contributed by atoms with Gasteiger partial charge in [0.05, 0.1) is 34.4 Å². The molecule has 0 heterocycles. The molecule has 0 rings (SSSR count). The third-order valence-corrected chi connectivity index (χ3v) is 16.4. The van der Waals surface area contributed by atoms with Gasteiger partial charge in [0.2, 0.25) is 0 Å². The minimum atomic E-state index is -1.52. The van der Waals surface area contributed by atoms with Crippen molar-refractivity contribution in [3.05, 3.63) is 85.1 Å². The van der Waals surface area contributed by atoms with Crippen LogP contribution in [0.1, 0.15) is 341 Å². The Balaban J connectivity index is 4.08. The number of carboxylic acids is 1. The fourth-order valence-corrected chi connectivity index (χ4v) is 10.8. The summed E-state index contributed by atoms with van der Waals surface area (Å²) in [6.45, 7) is 4.79. The number of rotatable bonds is 69. The van der Waals surface area contributed by atoms with Crippen molar-refractivity contribution >= 4 is 17.9 Å². The van der Waals surface area contributed by atoms with Gasteiger partial charge in [-0.3, -0.25) is 9.59 Å². The molecule has 510 valence electrons. The van der Waals surface area contributed by atoms with Crippen molar-refractivity contribution in [1.82, 2.24) is 0 Å². The molecule has 0 radical (unpaired) electrons. The second kappa shape index (κ2) is 69.4. The number of aliphatic carboxylic acids is 1. The van der Waals surface area contributed by atoms with E-state index in [0.717, 1.165) is 89.9 Å². The lowest BCUT2D eigenvalue weighted by Gasteiger charge is -2.25. The van der Waals surface area contributed by atoms with E-state index in [1.54, 1.807) is 0 Å². The highest BCUT2D eigenvalue weighted by molar-refractivity contribution is 5.71. The average molecular weight is 1230 g/mol. The molecular formula is C79H142NO8+. The van der Waals surface area contributed by atoms with E-state index in [-0.39, 0.29) is 32.2 Å². The number of nitrogens with zero attached hydrogens (tertiary/aromatic N) is 1. The Kier molecular flexibility index (Phi) is 66.6. The van der Waals surface area contributed by atoms with E-state index in [1.165, 1.54) is 218 Å². The summed E-state index contributed by atoms with van der Waals surface area (Å²) in [4.78, 5) is 37.7. The first-order chi connectivity index (χ1) is 43.1. The molecule has 0 aromatic rings. The van der Waals surface area contributed by atoms with Crippen LogP contribution in [0.4, 0.5) is 0 Å². The number of hydrogen-bond donors (Lipinski definition) is 1. The van der Waals surface area contributed by atoms with Crippen molar-refractivity contribution in [2.24, 2.45) is 0 Å². The minimum absolute atomic E-state index is 0.183. The highest BCUT2D eigenvalue weighted by Gasteiger charge is 2.25. The van der Waals surface area contributed by atoms with Crippen molar-refractivity contribution in [2.45, 2.75) is 354 Å². The maximum absolute atomic E-state index is 13.0. The molecule has 88 heavy (non-hydrogen) atoms. The molecule has 0 aliphatic heterocycles. The summed E-state index contributed by atoms with van der Waals surface area (Å²) in [6.07, 6.45) is 91.5. The number of quaternary nitrogens is 1. The van der Waals surface area contributed by atoms with Crippen molar-refractivity contribution < 1.29 is 42.9 Å². The minimum Gasteiger partial charge on any atom is -0.477 e. The van der Waals surface area contributed by atoms with Crippen molar-refractivity contribution in [3.8, 4) is 0 Å². The third-order valence-electron chi connectivity index (χ3n) is 16.4. The highest BCUT2D eigenvalue weighted by Crippen LogP contribution is 2.19. The van der Waals surface area contributed by atoms with E-state index in [9.17, 15) is 19.5 Å². The van der Waals surface area contributed by atoms with Gasteiger partial charge in [-0.2, -0.15) is 0 Å². The molecule has 0 fully saturated rings. The number of carbonyl (C=O) groups excluding carboxylic acids is 2. The van der Waals surface area contributed by atoms with Gasteiger partial charge in [0.1, 0.15) is 13.2 Å². The molecule has 0 spiro atoms. The second-order valence-corrected chi connectivity index (χ2v) is 26.2. The molecule has 0 aliphatic carbocycles. The van der Waals surface area contributed by atoms with Gasteiger partial charge in [0, 0.05) is 12.8 Å². The molecule has 0 saturated heterocycles. The molecule has 9 heteroatoms. The van der Waals surface area contributed by atoms with Gasteiger partial charge < -0.3 is 28.5 Å². The number of esters is 2. The van der Waals surface area contributed by atoms with E-state index in [0.29, 0.717) is 23.9 Å². The number of likely N-dealkylation sites (N-methyl/N-ethyl adjacent to an activating group) is 1. The predicted molar refractivity (Wildman–Crippen MR) is 378 cm³/mol. The summed E-state index contributed by atoms with van der Waals surface area (Å²) in [5.41, 5.74) is 0. The molecule has 0 aromatic carbocycles. The fourth-order valence-electron chi connectivity index (χ4n) is 10.8. The molecule has 1 N–H and O–H groups in total. The summed E-state index contributed by atoms with van der Waals surface area (Å²) in [7, 11) is 5.98. The van der Waals surface area contributed by atoms with Gasteiger partial charge >= 0.3 is 17.9 Å². The van der Waals surface area contributed by atoms with Crippen LogP contribution in [0.25, 0.3) is 0 Å². The summed E-state index contributed by atoms with van der Waals surface area (Å²) in [5.74, 6) is -2.01. The number of carbonyl (C=O) groups is 3. The van der Waals surface area contributed by atoms with E-state index >= 15 is 0 Å². The van der Waals surface area contributed by atoms with Crippen LogP contribution in [0.15, 0.2) is 85.1 Å². The number of carboxylic acid groups (broad SMARTS) is 1. The predicted octanol–water partition coefficient (Wildman–Crippen LogP) is 23.4. The first kappa shape index (κ1) is 84.5. The Labute approximate surface area is 544 Å². The molecule has 9 nitrogen and oxygen atoms in total. The SMILES string of the molecule is CC/C=C\C/C=C\C/C=C\C/C=C\C/C=C\C/C=C\C/C=C\CCCCCCCCCC(=O)OC(COC(=O)CCCCCCCCCCCCCCCCCCCCCCCCCCCCCCCCCCCC)COC(OCC[N+](C)(C)C)C(=O)O. The Morgan fingerprint density at radius 1 is 0.352 bits per heavy atom. The fraction of sp³-hybridized carbons (Fsp3) is 0.785. The van der Waals surface area contributed by atoms with Gasteiger partial charge in [-0.1, -0.05) is 343 Å². The van der Waals surface area contributed by atoms with Crippen LogP contribution < -0.4 is 0 Å². The third kappa shape index (κ3) is 69.9. The van der Waals surface area contributed by atoms with Crippen LogP contribution >= 0.6 is 0 Å². The van der Waals surface area contributed by atoms with Crippen LogP contribution in [-0.2, 0) is 33.3 Å². The Bertz CT molecular complexity index is 1720. The van der Waals surface area contributed by atoms with Gasteiger partial charge in [0.15, 0.2) is 6.10 Å². The summed E-state index contributed by atoms with van der Waals surface area (Å²) in [5, 5.41) is 9.76. The van der Waals surface area contributed by atoms with Gasteiger partial charge in [-0.05, 0) is 70.6 Å². The van der Waals surface area contributed by atoms with Gasteiger partial charge in [-0.25, -0.2) is 4.79 Å². The zero-order chi connectivity index (χ0) is 64.0. The highest BCUT2D eigenvalue weighted by atomic mass is 16.7. The van der Waals surface area contributed by atoms with E-state index < -0.39 is 24.3 Å². The van der Waals surface area contributed by atoms with Crippen LogP contribution in [-0.4, -0.2) is 87.4 Å². The van der Waals surface area contributed by atoms with E-state index in [2.05, 4.69) is 98.9 Å². The standard InChI is InChI=1S/C79H141NO8/c1-6-8-10-12-14-16-18-20-22-24-26-28-30-32-34-36-37-38-39-40-42-43-45-47-49-51-53-55-57-59-61-63-65-67-69-76(81)86-73-75(74-87-79(78(83)84)85-72-71-80(3,4)5)88-77(82)70-68-66-64-62-60-58-56-54-52-50-48-46-44-41-35-33-31-29-27-25-23-21-19-17-15-13-11-9-7-2/h9,11,15,17,21,23,27,29,33,35,44,46,50,52,75,79H,6-8,10,12-14,16,18-20,22,24-26,28,30-32,34,36-43,45,47-49,51,53-74H2,1-5H3/p+1/b11-9-,17-15-,23-21-,29-27-,35-33-,46-44-,52-50-. The molecule has 0 aromatic heterocycles. The molecule has 2 atom stereocenters. The number of allylic oxidation sites excluding steroid dienone is 14. The van der Waals surface area contributed by atoms with Crippen molar-refractivity contribution in [3.63, 3.8) is 0 Å². The topological polar surface area (TPSA) is 108 Å². The van der Waals surface area contributed by atoms with Gasteiger partial charge in [-0.15, -0.1) is 0 Å². The van der Waals surface area contributed by atoms with Crippen molar-refractivity contribution in [1.29, 1.82) is 0 Å². The monoisotopic (exact) mass is 1230 g/mol. The van der Waals surface area contributed by atoms with Crippen molar-refractivity contribution in [2.75, 3.05) is 47.5 Å². The first-order valence-corrected chi connectivity index (χ1v) is 37.3. The maximum Gasteiger partial charge on any atom is 0.361 e. The number of hydrogen-bond acceptors (Lipinski definition) is 7. The maximum atomic E-state index is 13.0. The van der Waals surface area contributed by atoms with Gasteiger partial charge in [0.25, 0.3) is 6.29 Å². The van der Waals surface area contributed by atoms with Crippen LogP contribution in [0, 0.1) is 0 Å². The average Bonchev–Trinajstić information content (AvgIpc) is 3.54. The summed E-state index contributed by atoms with van der Waals surface area (Å²) >= 11 is 0. The second-order valence-electron chi connectivity index (χ2n) is 26.2. The van der Waals surface area contributed by atoms with Crippen LogP contribution in [0.5, 0.6) is 0 Å².